The average molecular weight is 847 g/mol. The maximum Gasteiger partial charge on any atom is 0.266 e. The number of ether oxygens (including phenoxy) is 1. The van der Waals surface area contributed by atoms with Crippen LogP contribution in [0.3, 0.4) is 0 Å². The fourth-order valence-corrected chi connectivity index (χ4v) is 9.12. The van der Waals surface area contributed by atoms with Gasteiger partial charge >= 0.3 is 0 Å². The fraction of sp³-hybridized carbons (Fsp3) is 0.489. The molecule has 3 aromatic rings. The zero-order chi connectivity index (χ0) is 43.6. The van der Waals surface area contributed by atoms with Crippen molar-refractivity contribution in [2.75, 3.05) is 37.5 Å². The molecule has 3 heterocycles. The highest BCUT2D eigenvalue weighted by Gasteiger charge is 2.34. The molecule has 6 rings (SSSR count). The van der Waals surface area contributed by atoms with E-state index in [9.17, 15) is 19.5 Å². The number of aryl methyl sites for hydroxylation is 1. The number of fused-ring (bicyclic) bond motifs is 1. The van der Waals surface area contributed by atoms with E-state index >= 15 is 0 Å². The van der Waals surface area contributed by atoms with Crippen LogP contribution in [0.15, 0.2) is 66.6 Å². The Morgan fingerprint density at radius 2 is 1.83 bits per heavy atom. The van der Waals surface area contributed by atoms with Crippen molar-refractivity contribution in [1.82, 2.24) is 20.1 Å². The molecule has 1 saturated heterocycles. The van der Waals surface area contributed by atoms with Crippen LogP contribution in [0.1, 0.15) is 103 Å². The van der Waals surface area contributed by atoms with Crippen molar-refractivity contribution in [1.29, 1.82) is 0 Å². The molecule has 0 saturated carbocycles. The van der Waals surface area contributed by atoms with Crippen LogP contribution in [0.5, 0.6) is 5.88 Å². The van der Waals surface area contributed by atoms with Crippen LogP contribution < -0.4 is 15.4 Å². The van der Waals surface area contributed by atoms with Crippen LogP contribution >= 0.6 is 23.4 Å². The Hall–Kier alpha value is -4.32. The number of aromatic nitrogens is 1. The van der Waals surface area contributed by atoms with Gasteiger partial charge in [-0.1, -0.05) is 96.5 Å². The summed E-state index contributed by atoms with van der Waals surface area (Å²) in [5, 5.41) is 16.5. The van der Waals surface area contributed by atoms with Crippen molar-refractivity contribution in [2.45, 2.75) is 111 Å². The number of benzene rings is 2. The monoisotopic (exact) mass is 845 g/mol. The number of rotatable bonds is 12. The first-order valence-electron chi connectivity index (χ1n) is 20.9. The minimum Gasteiger partial charge on any atom is -0.481 e. The summed E-state index contributed by atoms with van der Waals surface area (Å²) in [5.41, 5.74) is 6.96. The highest BCUT2D eigenvalue weighted by Crippen LogP contribution is 2.43. The molecule has 3 amide bonds. The van der Waals surface area contributed by atoms with Gasteiger partial charge in [0.2, 0.25) is 11.8 Å². The molecule has 1 aromatic heterocycles. The predicted molar refractivity (Wildman–Crippen MR) is 244 cm³/mol. The number of thioether (sulfide) groups is 1. The number of aliphatic hydroxyl groups excluding tert-OH is 1. The summed E-state index contributed by atoms with van der Waals surface area (Å²) in [4.78, 5) is 45.4. The third-order valence-corrected chi connectivity index (χ3v) is 13.2. The molecule has 2 aliphatic heterocycles. The van der Waals surface area contributed by atoms with Gasteiger partial charge in [-0.25, -0.2) is 4.98 Å². The van der Waals surface area contributed by atoms with Crippen LogP contribution in [0.2, 0.25) is 5.02 Å². The van der Waals surface area contributed by atoms with Gasteiger partial charge in [0.1, 0.15) is 11.4 Å². The molecule has 59 heavy (non-hydrogen) atoms. The smallest absolute Gasteiger partial charge is 0.266 e. The van der Waals surface area contributed by atoms with Crippen molar-refractivity contribution in [3.8, 4) is 28.3 Å². The molecule has 3 N–H and O–H groups in total. The number of anilines is 1. The number of methoxy groups -OCH3 is 1. The molecule has 1 fully saturated rings. The Morgan fingerprint density at radius 3 is 2.47 bits per heavy atom. The van der Waals surface area contributed by atoms with Crippen molar-refractivity contribution < 1.29 is 24.2 Å². The standard InChI is InChI=1S/C33H35ClN4O4.C12H23NOS.C2H6/c1-18-13-14-22-15-28(36-32(42-6)29(18)22)25-11-7-10-24(30(25)34)23-9-8-12-27(20(23)3)35-31(40)26-17-38(16-19(2)39)21(4)37(5)33(26)41;1-4-10(3)6-7-12(5-2)9-15-8-11(14)13-12;1-2/h7-12,15,17-19,39H,4,13-14,16H2,1-3,5-6H3,(H,35,40);10H,4-9H2,1-3H3,(H,13,14);1-2H3. The molecule has 2 aromatic carbocycles. The van der Waals surface area contributed by atoms with Crippen LogP contribution in [-0.2, 0) is 20.8 Å². The van der Waals surface area contributed by atoms with E-state index in [0.717, 1.165) is 65.3 Å². The number of nitrogens with zero attached hydrogens (tertiary/aromatic N) is 3. The lowest BCUT2D eigenvalue weighted by Gasteiger charge is -2.37. The highest BCUT2D eigenvalue weighted by atomic mass is 35.5. The van der Waals surface area contributed by atoms with E-state index < -0.39 is 17.9 Å². The van der Waals surface area contributed by atoms with Crippen LogP contribution in [0.25, 0.3) is 22.4 Å². The molecule has 10 nitrogen and oxygen atoms in total. The van der Waals surface area contributed by atoms with Gasteiger partial charge in [0, 0.05) is 53.5 Å². The minimum absolute atomic E-state index is 0.0543. The van der Waals surface area contributed by atoms with Gasteiger partial charge in [0.25, 0.3) is 11.8 Å². The second-order valence-corrected chi connectivity index (χ2v) is 17.0. The third-order valence-electron chi connectivity index (χ3n) is 11.5. The number of amides is 3. The second kappa shape index (κ2) is 21.3. The van der Waals surface area contributed by atoms with Crippen LogP contribution in [0.4, 0.5) is 5.69 Å². The van der Waals surface area contributed by atoms with Crippen molar-refractivity contribution >= 4 is 46.8 Å². The summed E-state index contributed by atoms with van der Waals surface area (Å²) in [6.45, 7) is 20.5. The molecule has 0 spiro atoms. The van der Waals surface area contributed by atoms with Gasteiger partial charge in [-0.15, -0.1) is 11.8 Å². The molecule has 0 radical (unpaired) electrons. The van der Waals surface area contributed by atoms with E-state index in [2.05, 4.69) is 51.0 Å². The number of carbonyl (C=O) groups excluding carboxylic acids is 3. The number of nitrogens with one attached hydrogen (secondary N) is 2. The van der Waals surface area contributed by atoms with Gasteiger partial charge in [-0.2, -0.15) is 0 Å². The zero-order valence-electron chi connectivity index (χ0n) is 36.6. The lowest BCUT2D eigenvalue weighted by molar-refractivity contribution is -0.128. The topological polar surface area (TPSA) is 124 Å². The Balaban J connectivity index is 0.000000380. The number of hydrogen-bond donors (Lipinski definition) is 3. The lowest BCUT2D eigenvalue weighted by Crippen LogP contribution is -2.54. The number of likely N-dealkylation sites (N-methyl/N-ethyl adjacent to an activating group) is 1. The van der Waals surface area contributed by atoms with Crippen molar-refractivity contribution in [3.63, 3.8) is 0 Å². The maximum absolute atomic E-state index is 13.4. The minimum atomic E-state index is -0.681. The van der Waals surface area contributed by atoms with Gasteiger partial charge in [-0.3, -0.25) is 19.3 Å². The fourth-order valence-electron chi connectivity index (χ4n) is 7.63. The van der Waals surface area contributed by atoms with Gasteiger partial charge in [0.15, 0.2) is 0 Å². The Labute approximate surface area is 361 Å². The van der Waals surface area contributed by atoms with Gasteiger partial charge in [-0.05, 0) is 86.6 Å². The summed E-state index contributed by atoms with van der Waals surface area (Å²) in [6, 6.07) is 13.5. The molecule has 4 unspecified atom stereocenters. The zero-order valence-corrected chi connectivity index (χ0v) is 38.2. The molecule has 320 valence electrons. The van der Waals surface area contributed by atoms with Gasteiger partial charge in [0.05, 0.1) is 29.7 Å². The molecule has 0 bridgehead atoms. The molecule has 1 aliphatic carbocycles. The Morgan fingerprint density at radius 1 is 1.15 bits per heavy atom. The quantitative estimate of drug-likeness (QED) is 0.154. The number of aliphatic hydroxyl groups is 1. The molecule has 4 atom stereocenters. The number of halogens is 1. The highest BCUT2D eigenvalue weighted by molar-refractivity contribution is 8.00. The van der Waals surface area contributed by atoms with Crippen LogP contribution in [0, 0.1) is 12.8 Å². The van der Waals surface area contributed by atoms with Crippen LogP contribution in [-0.4, -0.2) is 81.5 Å². The largest absolute Gasteiger partial charge is 0.481 e. The summed E-state index contributed by atoms with van der Waals surface area (Å²) in [7, 11) is 3.20. The van der Waals surface area contributed by atoms with E-state index in [1.54, 1.807) is 43.8 Å². The summed E-state index contributed by atoms with van der Waals surface area (Å²) in [5.74, 6) is 3.12. The second-order valence-electron chi connectivity index (χ2n) is 15.7. The third kappa shape index (κ3) is 11.1. The first kappa shape index (κ1) is 47.4. The van der Waals surface area contributed by atoms with Gasteiger partial charge < -0.3 is 25.4 Å². The van der Waals surface area contributed by atoms with E-state index in [0.29, 0.717) is 34.1 Å². The predicted octanol–water partition coefficient (Wildman–Crippen LogP) is 9.73. The molecule has 3 aliphatic rings. The summed E-state index contributed by atoms with van der Waals surface area (Å²) < 4.78 is 5.67. The Bertz CT molecular complexity index is 2040. The first-order chi connectivity index (χ1) is 28.1. The first-order valence-corrected chi connectivity index (χ1v) is 22.5. The maximum atomic E-state index is 13.4. The van der Waals surface area contributed by atoms with E-state index in [-0.39, 0.29) is 23.6 Å². The van der Waals surface area contributed by atoms with Crippen molar-refractivity contribution in [3.05, 3.63) is 88.4 Å². The molecular weight excluding hydrogens is 782 g/mol. The van der Waals surface area contributed by atoms with E-state index in [4.69, 9.17) is 21.3 Å². The molecule has 12 heteroatoms. The lowest BCUT2D eigenvalue weighted by atomic mass is 9.88. The number of hydrogen-bond acceptors (Lipinski definition) is 8. The number of pyridine rings is 1. The molecular formula is C47H64ClN5O5S. The normalized spacial score (nSPS) is 19.6. The average Bonchev–Trinajstić information content (AvgIpc) is 3.61. The number of β-amino-alcohol motifs (C(OH)–C–C–N with tert-alkyl or cyclic N) is 1. The van der Waals surface area contributed by atoms with E-state index in [1.807, 2.05) is 51.1 Å². The summed E-state index contributed by atoms with van der Waals surface area (Å²) >= 11 is 8.83. The number of carbonyl (C=O) groups is 3. The van der Waals surface area contributed by atoms with E-state index in [1.165, 1.54) is 35.1 Å². The SMILES string of the molecule is C=C1N(CC(C)O)C=C(C(=O)Nc2cccc(-c3cccc(-c4cc5c(c(OC)n4)C(C)CC5)c3Cl)c2C)C(=O)N1C.CC.CCC(C)CCC1(CC)CSCC(=O)N1. The Kier molecular flexibility index (Phi) is 17.1. The van der Waals surface area contributed by atoms with Crippen molar-refractivity contribution in [2.24, 2.45) is 5.92 Å². The summed E-state index contributed by atoms with van der Waals surface area (Å²) in [6.07, 6.45) is 7.45.